The Kier molecular flexibility index (Phi) is 9.98. The van der Waals surface area contributed by atoms with E-state index in [-0.39, 0.29) is 16.7 Å². The molecular formula is C33H27F3N6O7S. The highest BCUT2D eigenvalue weighted by Crippen LogP contribution is 2.30. The van der Waals surface area contributed by atoms with Crippen LogP contribution in [0.25, 0.3) is 32.6 Å². The number of benzene rings is 2. The van der Waals surface area contributed by atoms with Gasteiger partial charge in [0.25, 0.3) is 0 Å². The third-order valence-corrected chi connectivity index (χ3v) is 8.43. The van der Waals surface area contributed by atoms with Crippen LogP contribution >= 0.6 is 11.3 Å². The van der Waals surface area contributed by atoms with Crippen LogP contribution < -0.4 is 20.9 Å². The molecule has 0 aliphatic rings. The maximum atomic E-state index is 12.7. The zero-order valence-corrected chi connectivity index (χ0v) is 27.3. The molecule has 0 radical (unpaired) electrons. The molecule has 0 atom stereocenters. The van der Waals surface area contributed by atoms with E-state index in [1.807, 2.05) is 26.0 Å². The van der Waals surface area contributed by atoms with Crippen LogP contribution in [0.5, 0.6) is 5.75 Å². The number of carbonyl (C=O) groups is 2. The van der Waals surface area contributed by atoms with Crippen molar-refractivity contribution in [2.45, 2.75) is 26.4 Å². The van der Waals surface area contributed by atoms with E-state index in [2.05, 4.69) is 20.5 Å². The summed E-state index contributed by atoms with van der Waals surface area (Å²) in [5.74, 6) is -1.90. The number of aromatic carboxylic acids is 2. The number of aromatic nitrogens is 5. The summed E-state index contributed by atoms with van der Waals surface area (Å²) in [5, 5.41) is 29.1. The van der Waals surface area contributed by atoms with Crippen molar-refractivity contribution < 1.29 is 37.7 Å². The molecule has 50 heavy (non-hydrogen) atoms. The minimum Gasteiger partial charge on any atom is -0.494 e. The van der Waals surface area contributed by atoms with E-state index >= 15 is 0 Å². The second-order valence-corrected chi connectivity index (χ2v) is 11.5. The standard InChI is InChI=1S/C17H16N2O4S.C16H11F3N4O3/c1-3-12-9-13-16(24-12)15(20)14(17(21)22)18-19(13)10-6-5-7-11(8-10)23-4-2;1-20-11-7-6-10-12(21-11)14(24)13(15(25)26)22-23(10)9-4-2-8(3-5-9)16(17,18)19/h5-9H,3-4H2,1-2H3,(H,21,22);2-7H,1H3,(H,20,21)(H,25,26). The minimum atomic E-state index is -4.51. The molecule has 4 heterocycles. The number of hydrogen-bond acceptors (Lipinski definition) is 10. The summed E-state index contributed by atoms with van der Waals surface area (Å²) in [6.07, 6.45) is -3.74. The molecule has 0 spiro atoms. The number of ether oxygens (including phenoxy) is 1. The number of hydrogen-bond donors (Lipinski definition) is 3. The lowest BCUT2D eigenvalue weighted by Crippen LogP contribution is -2.23. The normalized spacial score (nSPS) is 11.2. The highest BCUT2D eigenvalue weighted by Gasteiger charge is 2.30. The van der Waals surface area contributed by atoms with Crippen LogP contribution in [0.4, 0.5) is 19.0 Å². The van der Waals surface area contributed by atoms with E-state index < -0.39 is 45.9 Å². The number of nitrogens with zero attached hydrogens (tertiary/aromatic N) is 5. The van der Waals surface area contributed by atoms with Gasteiger partial charge in [-0.15, -0.1) is 11.3 Å². The van der Waals surface area contributed by atoms with Gasteiger partial charge in [0, 0.05) is 18.0 Å². The van der Waals surface area contributed by atoms with Crippen molar-refractivity contribution >= 4 is 50.3 Å². The second-order valence-electron chi connectivity index (χ2n) is 10.4. The van der Waals surface area contributed by atoms with Gasteiger partial charge in [-0.05, 0) is 67.9 Å². The minimum absolute atomic E-state index is 0.157. The summed E-state index contributed by atoms with van der Waals surface area (Å²) >= 11 is 1.31. The van der Waals surface area contributed by atoms with Crippen molar-refractivity contribution in [2.75, 3.05) is 19.0 Å². The summed E-state index contributed by atoms with van der Waals surface area (Å²) in [6.45, 7) is 4.40. The third-order valence-electron chi connectivity index (χ3n) is 7.17. The molecule has 0 aliphatic heterocycles. The third kappa shape index (κ3) is 7.02. The Bertz CT molecular complexity index is 2370. The fraction of sp³-hybridized carbons (Fsp3) is 0.182. The van der Waals surface area contributed by atoms with Gasteiger partial charge in [-0.1, -0.05) is 13.0 Å². The predicted molar refractivity (Wildman–Crippen MR) is 179 cm³/mol. The van der Waals surface area contributed by atoms with Crippen LogP contribution in [0.3, 0.4) is 0 Å². The molecule has 6 rings (SSSR count). The zero-order valence-electron chi connectivity index (χ0n) is 26.5. The Balaban J connectivity index is 0.000000195. The lowest BCUT2D eigenvalue weighted by atomic mass is 10.2. The fourth-order valence-electron chi connectivity index (χ4n) is 4.81. The first-order chi connectivity index (χ1) is 23.8. The number of carboxylic acid groups (broad SMARTS) is 2. The zero-order chi connectivity index (χ0) is 36.3. The topological polar surface area (TPSA) is 179 Å². The summed E-state index contributed by atoms with van der Waals surface area (Å²) in [5.41, 5.74) is -2.12. The van der Waals surface area contributed by atoms with Crippen molar-refractivity contribution in [1.29, 1.82) is 0 Å². The van der Waals surface area contributed by atoms with E-state index in [1.165, 1.54) is 28.2 Å². The van der Waals surface area contributed by atoms with E-state index in [0.29, 0.717) is 34.1 Å². The first kappa shape index (κ1) is 35.2. The van der Waals surface area contributed by atoms with E-state index in [4.69, 9.17) is 4.74 Å². The molecule has 0 aliphatic carbocycles. The second kappa shape index (κ2) is 14.2. The van der Waals surface area contributed by atoms with Crippen LogP contribution in [0.1, 0.15) is 45.3 Å². The van der Waals surface area contributed by atoms with Crippen molar-refractivity contribution in [3.05, 3.63) is 109 Å². The lowest BCUT2D eigenvalue weighted by Gasteiger charge is -2.12. The van der Waals surface area contributed by atoms with E-state index in [9.17, 15) is 42.6 Å². The quantitative estimate of drug-likeness (QED) is 0.178. The molecule has 4 aromatic heterocycles. The molecule has 17 heteroatoms. The number of nitrogens with one attached hydrogen (secondary N) is 1. The summed E-state index contributed by atoms with van der Waals surface area (Å²) in [4.78, 5) is 52.5. The average molecular weight is 709 g/mol. The summed E-state index contributed by atoms with van der Waals surface area (Å²) in [7, 11) is 1.57. The van der Waals surface area contributed by atoms with Gasteiger partial charge >= 0.3 is 18.1 Å². The number of thiophene rings is 1. The maximum absolute atomic E-state index is 12.7. The van der Waals surface area contributed by atoms with Crippen molar-refractivity contribution in [2.24, 2.45) is 0 Å². The molecule has 0 saturated carbocycles. The summed E-state index contributed by atoms with van der Waals surface area (Å²) in [6, 6.07) is 16.0. The van der Waals surface area contributed by atoms with Gasteiger partial charge in [-0.2, -0.15) is 23.4 Å². The number of anilines is 1. The van der Waals surface area contributed by atoms with Gasteiger partial charge in [0.1, 0.15) is 21.8 Å². The highest BCUT2D eigenvalue weighted by atomic mass is 32.1. The molecule has 258 valence electrons. The van der Waals surface area contributed by atoms with Crippen molar-refractivity contribution in [3.63, 3.8) is 0 Å². The Morgan fingerprint density at radius 3 is 2.08 bits per heavy atom. The van der Waals surface area contributed by atoms with Gasteiger partial charge in [0.05, 0.1) is 34.6 Å². The van der Waals surface area contributed by atoms with Gasteiger partial charge in [0.15, 0.2) is 0 Å². The number of carboxylic acids is 2. The monoisotopic (exact) mass is 708 g/mol. The predicted octanol–water partition coefficient (Wildman–Crippen LogP) is 5.65. The number of rotatable bonds is 8. The van der Waals surface area contributed by atoms with E-state index in [1.54, 1.807) is 25.2 Å². The molecule has 0 fully saturated rings. The molecule has 0 bridgehead atoms. The largest absolute Gasteiger partial charge is 0.494 e. The fourth-order valence-corrected chi connectivity index (χ4v) is 5.83. The SMILES string of the molecule is CCOc1cccc(-n2nc(C(=O)O)c(=O)c3sc(CC)cc32)c1.CNc1ccc2c(n1)c(=O)c(C(=O)O)nn2-c1ccc(C(F)(F)F)cc1. The number of halogens is 3. The number of aryl methyl sites for hydroxylation is 1. The van der Waals surface area contributed by atoms with Crippen molar-refractivity contribution in [3.8, 4) is 17.1 Å². The van der Waals surface area contributed by atoms with Crippen LogP contribution in [-0.4, -0.2) is 60.4 Å². The van der Waals surface area contributed by atoms with Crippen LogP contribution in [-0.2, 0) is 12.6 Å². The Hall–Kier alpha value is -6.10. The van der Waals surface area contributed by atoms with Gasteiger partial charge in [-0.3, -0.25) is 9.59 Å². The first-order valence-electron chi connectivity index (χ1n) is 14.8. The summed E-state index contributed by atoms with van der Waals surface area (Å²) < 4.78 is 46.6. The van der Waals surface area contributed by atoms with Crippen molar-refractivity contribution in [1.82, 2.24) is 24.5 Å². The van der Waals surface area contributed by atoms with Gasteiger partial charge in [-0.25, -0.2) is 23.9 Å². The van der Waals surface area contributed by atoms with Crippen LogP contribution in [0, 0.1) is 0 Å². The van der Waals surface area contributed by atoms with Gasteiger partial charge < -0.3 is 20.3 Å². The highest BCUT2D eigenvalue weighted by molar-refractivity contribution is 7.19. The molecular weight excluding hydrogens is 681 g/mol. The Morgan fingerprint density at radius 1 is 0.860 bits per heavy atom. The molecule has 0 unspecified atom stereocenters. The Labute approximate surface area is 283 Å². The number of pyridine rings is 1. The molecule has 0 saturated heterocycles. The Morgan fingerprint density at radius 2 is 1.50 bits per heavy atom. The average Bonchev–Trinajstić information content (AvgIpc) is 3.54. The smallest absolute Gasteiger partial charge is 0.416 e. The van der Waals surface area contributed by atoms with Crippen LogP contribution in [0.2, 0.25) is 0 Å². The number of fused-ring (bicyclic) bond motifs is 2. The number of alkyl halides is 3. The molecule has 13 nitrogen and oxygen atoms in total. The maximum Gasteiger partial charge on any atom is 0.416 e. The van der Waals surface area contributed by atoms with E-state index in [0.717, 1.165) is 40.2 Å². The molecule has 2 aromatic carbocycles. The molecule has 6 aromatic rings. The first-order valence-corrected chi connectivity index (χ1v) is 15.6. The molecule has 3 N–H and O–H groups in total. The van der Waals surface area contributed by atoms with Gasteiger partial charge in [0.2, 0.25) is 22.2 Å². The lowest BCUT2D eigenvalue weighted by molar-refractivity contribution is -0.137. The van der Waals surface area contributed by atoms with Crippen LogP contribution in [0.15, 0.2) is 76.3 Å². The molecule has 0 amide bonds.